The first-order valence-corrected chi connectivity index (χ1v) is 7.50. The molecule has 0 bridgehead atoms. The van der Waals surface area contributed by atoms with Crippen molar-refractivity contribution in [1.82, 2.24) is 0 Å². The molecule has 1 aliphatic rings. The van der Waals surface area contributed by atoms with Crippen molar-refractivity contribution in [3.8, 4) is 0 Å². The number of carbonyl (C=O) groups excluding carboxylic acids is 2. The lowest BCUT2D eigenvalue weighted by molar-refractivity contribution is -0.117. The molecule has 0 heterocycles. The maximum Gasteiger partial charge on any atom is 0.250 e. The van der Waals surface area contributed by atoms with Crippen molar-refractivity contribution in [2.75, 3.05) is 5.32 Å². The van der Waals surface area contributed by atoms with Gasteiger partial charge in [0.25, 0.3) is 0 Å². The number of benzene rings is 1. The number of carbonyl (C=O) groups is 2. The Morgan fingerprint density at radius 3 is 2.62 bits per heavy atom. The average Bonchev–Trinajstić information content (AvgIpc) is 2.41. The van der Waals surface area contributed by atoms with Gasteiger partial charge in [-0.25, -0.2) is 0 Å². The third kappa shape index (κ3) is 4.19. The summed E-state index contributed by atoms with van der Waals surface area (Å²) >= 11 is 5.95. The fourth-order valence-corrected chi connectivity index (χ4v) is 3.01. The summed E-state index contributed by atoms with van der Waals surface area (Å²) in [6, 6.07) is 4.75. The molecule has 5 N–H and O–H groups in total. The molecule has 21 heavy (non-hydrogen) atoms. The number of nitrogens with one attached hydrogen (secondary N) is 1. The molecule has 0 radical (unpaired) electrons. The van der Waals surface area contributed by atoms with Crippen LogP contribution in [-0.4, -0.2) is 17.9 Å². The molecule has 114 valence electrons. The number of anilines is 1. The fraction of sp³-hybridized carbons (Fsp3) is 0.467. The van der Waals surface area contributed by atoms with Crippen LogP contribution in [0.5, 0.6) is 0 Å². The van der Waals surface area contributed by atoms with E-state index in [-0.39, 0.29) is 28.5 Å². The van der Waals surface area contributed by atoms with Gasteiger partial charge in [-0.2, -0.15) is 0 Å². The third-order valence-electron chi connectivity index (χ3n) is 3.93. The SMILES string of the molecule is NC(=O)c1ccc(NC(=O)CC2CCCCC2N)cc1Cl. The highest BCUT2D eigenvalue weighted by atomic mass is 35.5. The van der Waals surface area contributed by atoms with Gasteiger partial charge in [0.1, 0.15) is 0 Å². The van der Waals surface area contributed by atoms with Crippen molar-refractivity contribution in [3.63, 3.8) is 0 Å². The minimum absolute atomic E-state index is 0.0831. The van der Waals surface area contributed by atoms with Gasteiger partial charge in [-0.3, -0.25) is 9.59 Å². The van der Waals surface area contributed by atoms with E-state index < -0.39 is 5.91 Å². The van der Waals surface area contributed by atoms with Gasteiger partial charge >= 0.3 is 0 Å². The highest BCUT2D eigenvalue weighted by Crippen LogP contribution is 2.26. The Morgan fingerprint density at radius 1 is 1.29 bits per heavy atom. The van der Waals surface area contributed by atoms with Gasteiger partial charge in [-0.05, 0) is 37.0 Å². The summed E-state index contributed by atoms with van der Waals surface area (Å²) < 4.78 is 0. The lowest BCUT2D eigenvalue weighted by atomic mass is 9.83. The molecule has 0 aliphatic heterocycles. The number of hydrogen-bond acceptors (Lipinski definition) is 3. The molecule has 1 saturated carbocycles. The summed E-state index contributed by atoms with van der Waals surface area (Å²) in [5, 5.41) is 3.02. The number of nitrogens with two attached hydrogens (primary N) is 2. The minimum atomic E-state index is -0.592. The van der Waals surface area contributed by atoms with E-state index in [1.54, 1.807) is 6.07 Å². The normalized spacial score (nSPS) is 21.8. The second-order valence-electron chi connectivity index (χ2n) is 5.52. The van der Waals surface area contributed by atoms with Gasteiger partial charge in [0.15, 0.2) is 0 Å². The summed E-state index contributed by atoms with van der Waals surface area (Å²) in [5.41, 5.74) is 12.0. The Labute approximate surface area is 129 Å². The first-order valence-electron chi connectivity index (χ1n) is 7.12. The highest BCUT2D eigenvalue weighted by Gasteiger charge is 2.24. The quantitative estimate of drug-likeness (QED) is 0.795. The summed E-state index contributed by atoms with van der Waals surface area (Å²) in [5.74, 6) is -0.439. The van der Waals surface area contributed by atoms with Crippen LogP contribution in [0.3, 0.4) is 0 Å². The van der Waals surface area contributed by atoms with Crippen LogP contribution in [0.1, 0.15) is 42.5 Å². The maximum atomic E-state index is 12.1. The first kappa shape index (κ1) is 15.8. The Kier molecular flexibility index (Phi) is 5.20. The number of rotatable bonds is 4. The van der Waals surface area contributed by atoms with Crippen molar-refractivity contribution in [2.24, 2.45) is 17.4 Å². The molecule has 6 heteroatoms. The van der Waals surface area contributed by atoms with Crippen LogP contribution in [0.25, 0.3) is 0 Å². The third-order valence-corrected chi connectivity index (χ3v) is 4.25. The van der Waals surface area contributed by atoms with Crippen LogP contribution in [0.2, 0.25) is 5.02 Å². The zero-order chi connectivity index (χ0) is 15.4. The van der Waals surface area contributed by atoms with E-state index in [2.05, 4.69) is 5.32 Å². The number of amides is 2. The van der Waals surface area contributed by atoms with Gasteiger partial charge in [-0.1, -0.05) is 24.4 Å². The van der Waals surface area contributed by atoms with E-state index in [9.17, 15) is 9.59 Å². The fourth-order valence-electron chi connectivity index (χ4n) is 2.73. The molecule has 2 unspecified atom stereocenters. The standard InChI is InChI=1S/C15H20ClN3O2/c16-12-8-10(5-6-11(12)15(18)21)19-14(20)7-9-3-1-2-4-13(9)17/h5-6,8-9,13H,1-4,7,17H2,(H2,18,21)(H,19,20). The zero-order valence-electron chi connectivity index (χ0n) is 11.8. The van der Waals surface area contributed by atoms with E-state index in [1.165, 1.54) is 12.1 Å². The van der Waals surface area contributed by atoms with Crippen molar-refractivity contribution >= 4 is 29.1 Å². The summed E-state index contributed by atoms with van der Waals surface area (Å²) in [6.07, 6.45) is 4.66. The molecule has 5 nitrogen and oxygen atoms in total. The van der Waals surface area contributed by atoms with Crippen LogP contribution in [-0.2, 0) is 4.79 Å². The summed E-state index contributed by atoms with van der Waals surface area (Å²) in [7, 11) is 0. The smallest absolute Gasteiger partial charge is 0.250 e. The maximum absolute atomic E-state index is 12.1. The van der Waals surface area contributed by atoms with Crippen LogP contribution in [0, 0.1) is 5.92 Å². The molecule has 0 saturated heterocycles. The second kappa shape index (κ2) is 6.91. The van der Waals surface area contributed by atoms with Crippen LogP contribution in [0.15, 0.2) is 18.2 Å². The van der Waals surface area contributed by atoms with Gasteiger partial charge in [0, 0.05) is 18.2 Å². The summed E-state index contributed by atoms with van der Waals surface area (Å²) in [4.78, 5) is 23.1. The Bertz CT molecular complexity index is 548. The average molecular weight is 310 g/mol. The van der Waals surface area contributed by atoms with E-state index in [4.69, 9.17) is 23.1 Å². The van der Waals surface area contributed by atoms with E-state index in [0.29, 0.717) is 12.1 Å². The lowest BCUT2D eigenvalue weighted by Crippen LogP contribution is -2.35. The molecule has 0 spiro atoms. The number of primary amides is 1. The number of halogens is 1. The Morgan fingerprint density at radius 2 is 2.00 bits per heavy atom. The van der Waals surface area contributed by atoms with Crippen LogP contribution >= 0.6 is 11.6 Å². The summed E-state index contributed by atoms with van der Waals surface area (Å²) in [6.45, 7) is 0. The van der Waals surface area contributed by atoms with E-state index in [1.807, 2.05) is 0 Å². The van der Waals surface area contributed by atoms with Crippen LogP contribution < -0.4 is 16.8 Å². The largest absolute Gasteiger partial charge is 0.366 e. The highest BCUT2D eigenvalue weighted by molar-refractivity contribution is 6.34. The van der Waals surface area contributed by atoms with Gasteiger partial charge in [0.2, 0.25) is 11.8 Å². The molecular formula is C15H20ClN3O2. The molecule has 1 aromatic rings. The van der Waals surface area contributed by atoms with Crippen LogP contribution in [0.4, 0.5) is 5.69 Å². The van der Waals surface area contributed by atoms with E-state index >= 15 is 0 Å². The first-order chi connectivity index (χ1) is 9.97. The van der Waals surface area contributed by atoms with Gasteiger partial charge in [0.05, 0.1) is 10.6 Å². The molecule has 2 rings (SSSR count). The molecular weight excluding hydrogens is 290 g/mol. The Balaban J connectivity index is 1.96. The molecule has 1 fully saturated rings. The van der Waals surface area contributed by atoms with E-state index in [0.717, 1.165) is 25.7 Å². The topological polar surface area (TPSA) is 98.2 Å². The predicted octanol–water partition coefficient (Wildman–Crippen LogP) is 2.28. The van der Waals surface area contributed by atoms with Crippen molar-refractivity contribution in [2.45, 2.75) is 38.1 Å². The molecule has 2 amide bonds. The minimum Gasteiger partial charge on any atom is -0.366 e. The van der Waals surface area contributed by atoms with Crippen molar-refractivity contribution in [3.05, 3.63) is 28.8 Å². The zero-order valence-corrected chi connectivity index (χ0v) is 12.5. The predicted molar refractivity (Wildman–Crippen MR) is 83.2 cm³/mol. The second-order valence-corrected chi connectivity index (χ2v) is 5.93. The molecule has 1 aromatic carbocycles. The van der Waals surface area contributed by atoms with Crippen molar-refractivity contribution in [1.29, 1.82) is 0 Å². The molecule has 1 aliphatic carbocycles. The molecule has 2 atom stereocenters. The monoisotopic (exact) mass is 309 g/mol. The number of hydrogen-bond donors (Lipinski definition) is 3. The molecule has 0 aromatic heterocycles. The Hall–Kier alpha value is -1.59. The lowest BCUT2D eigenvalue weighted by Gasteiger charge is -2.27. The van der Waals surface area contributed by atoms with Gasteiger partial charge < -0.3 is 16.8 Å². The van der Waals surface area contributed by atoms with Crippen molar-refractivity contribution < 1.29 is 9.59 Å². The van der Waals surface area contributed by atoms with Gasteiger partial charge in [-0.15, -0.1) is 0 Å².